The van der Waals surface area contributed by atoms with Gasteiger partial charge in [0, 0.05) is 29.5 Å². The highest BCUT2D eigenvalue weighted by atomic mass is 32.1. The van der Waals surface area contributed by atoms with Crippen molar-refractivity contribution in [1.82, 2.24) is 9.97 Å². The number of nitrogens with one attached hydrogen (secondary N) is 2. The second kappa shape index (κ2) is 8.15. The summed E-state index contributed by atoms with van der Waals surface area (Å²) in [6, 6.07) is 2.84. The van der Waals surface area contributed by atoms with E-state index in [0.29, 0.717) is 22.0 Å². The monoisotopic (exact) mass is 445 g/mol. The van der Waals surface area contributed by atoms with E-state index in [9.17, 15) is 18.4 Å². The van der Waals surface area contributed by atoms with Crippen LogP contribution in [-0.2, 0) is 24.1 Å². The summed E-state index contributed by atoms with van der Waals surface area (Å²) in [5, 5.41) is 3.14. The number of nitrogens with zero attached hydrogens (tertiary/aromatic N) is 1. The van der Waals surface area contributed by atoms with Crippen molar-refractivity contribution in [1.29, 1.82) is 0 Å². The molecular formula is C23H25F2N3O2S. The van der Waals surface area contributed by atoms with Crippen LogP contribution >= 0.6 is 11.3 Å². The Morgan fingerprint density at radius 1 is 1.26 bits per heavy atom. The molecule has 8 heteroatoms. The van der Waals surface area contributed by atoms with Crippen LogP contribution in [0.25, 0.3) is 10.2 Å². The largest absolute Gasteiger partial charge is 0.326 e. The van der Waals surface area contributed by atoms with Gasteiger partial charge in [-0.2, -0.15) is 0 Å². The maximum absolute atomic E-state index is 13.3. The average Bonchev–Trinajstić information content (AvgIpc) is 3.03. The molecule has 31 heavy (non-hydrogen) atoms. The Kier molecular flexibility index (Phi) is 5.68. The number of aryl methyl sites for hydroxylation is 2. The van der Waals surface area contributed by atoms with Crippen LogP contribution in [-0.4, -0.2) is 15.9 Å². The van der Waals surface area contributed by atoms with Crippen LogP contribution in [0.5, 0.6) is 0 Å². The molecule has 0 spiro atoms. The van der Waals surface area contributed by atoms with Crippen molar-refractivity contribution < 1.29 is 13.6 Å². The number of rotatable bonds is 4. The van der Waals surface area contributed by atoms with E-state index < -0.39 is 17.5 Å². The average molecular weight is 446 g/mol. The Morgan fingerprint density at radius 3 is 2.65 bits per heavy atom. The summed E-state index contributed by atoms with van der Waals surface area (Å²) in [5.74, 6) is -0.928. The molecule has 1 aliphatic carbocycles. The summed E-state index contributed by atoms with van der Waals surface area (Å²) in [6.07, 6.45) is 3.16. The first-order chi connectivity index (χ1) is 14.6. The molecule has 3 aromatic rings. The number of benzene rings is 1. The zero-order valence-electron chi connectivity index (χ0n) is 17.8. The van der Waals surface area contributed by atoms with Crippen LogP contribution < -0.4 is 10.9 Å². The molecule has 2 heterocycles. The van der Waals surface area contributed by atoms with Crippen LogP contribution in [0, 0.1) is 23.0 Å². The van der Waals surface area contributed by atoms with Crippen LogP contribution in [0.3, 0.4) is 0 Å². The van der Waals surface area contributed by atoms with E-state index in [2.05, 4.69) is 36.1 Å². The van der Waals surface area contributed by atoms with E-state index in [4.69, 9.17) is 0 Å². The number of carbonyl (C=O) groups excluding carboxylic acids is 1. The van der Waals surface area contributed by atoms with Gasteiger partial charge in [-0.1, -0.05) is 20.8 Å². The molecule has 1 aliphatic rings. The molecule has 0 radical (unpaired) electrons. The molecule has 5 nitrogen and oxygen atoms in total. The van der Waals surface area contributed by atoms with Gasteiger partial charge in [-0.05, 0) is 48.3 Å². The van der Waals surface area contributed by atoms with Crippen LogP contribution in [0.15, 0.2) is 23.0 Å². The lowest BCUT2D eigenvalue weighted by Crippen LogP contribution is -2.26. The standard InChI is InChI=1S/C23H25F2N3O2S/c1-23(2,3)12-4-5-16-17(8-12)31-22-20(16)21(30)27-18(28-22)6-7-19(29)26-15-10-13(24)9-14(25)11-15/h9-12H,4-8H2,1-3H3,(H,26,29)(H,27,28,30). The maximum Gasteiger partial charge on any atom is 0.259 e. The highest BCUT2D eigenvalue weighted by Crippen LogP contribution is 2.41. The summed E-state index contributed by atoms with van der Waals surface area (Å²) >= 11 is 1.57. The minimum absolute atomic E-state index is 0.0315. The van der Waals surface area contributed by atoms with Crippen molar-refractivity contribution in [2.75, 3.05) is 5.32 Å². The van der Waals surface area contributed by atoms with E-state index in [1.165, 1.54) is 4.88 Å². The molecule has 0 bridgehead atoms. The molecule has 1 amide bonds. The van der Waals surface area contributed by atoms with E-state index in [0.717, 1.165) is 43.0 Å². The second-order valence-electron chi connectivity index (χ2n) is 9.21. The fourth-order valence-corrected chi connectivity index (χ4v) is 5.49. The number of hydrogen-bond acceptors (Lipinski definition) is 4. The normalized spacial score (nSPS) is 16.4. The molecule has 1 unspecified atom stereocenters. The van der Waals surface area contributed by atoms with Gasteiger partial charge >= 0.3 is 0 Å². The summed E-state index contributed by atoms with van der Waals surface area (Å²) in [5.41, 5.74) is 1.22. The summed E-state index contributed by atoms with van der Waals surface area (Å²) in [6.45, 7) is 6.76. The van der Waals surface area contributed by atoms with Crippen LogP contribution in [0.2, 0.25) is 0 Å². The summed E-state index contributed by atoms with van der Waals surface area (Å²) in [7, 11) is 0. The molecule has 1 aromatic carbocycles. The Hall–Kier alpha value is -2.61. The smallest absolute Gasteiger partial charge is 0.259 e. The van der Waals surface area contributed by atoms with E-state index in [-0.39, 0.29) is 29.5 Å². The van der Waals surface area contributed by atoms with E-state index in [1.54, 1.807) is 11.3 Å². The van der Waals surface area contributed by atoms with Gasteiger partial charge in [0.15, 0.2) is 0 Å². The second-order valence-corrected chi connectivity index (χ2v) is 10.3. The number of halogens is 2. The lowest BCUT2D eigenvalue weighted by atomic mass is 9.72. The van der Waals surface area contributed by atoms with Crippen LogP contribution in [0.1, 0.15) is 49.9 Å². The van der Waals surface area contributed by atoms with Crippen molar-refractivity contribution in [3.63, 3.8) is 0 Å². The Balaban J connectivity index is 1.49. The van der Waals surface area contributed by atoms with E-state index in [1.807, 2.05) is 0 Å². The molecule has 2 aromatic heterocycles. The molecule has 0 fully saturated rings. The minimum atomic E-state index is -0.762. The van der Waals surface area contributed by atoms with Crippen LogP contribution in [0.4, 0.5) is 14.5 Å². The van der Waals surface area contributed by atoms with Gasteiger partial charge in [0.1, 0.15) is 22.3 Å². The number of H-pyrrole nitrogens is 1. The van der Waals surface area contributed by atoms with Gasteiger partial charge in [0.05, 0.1) is 5.39 Å². The zero-order chi connectivity index (χ0) is 22.3. The number of amides is 1. The van der Waals surface area contributed by atoms with Crippen molar-refractivity contribution in [3.8, 4) is 0 Å². The topological polar surface area (TPSA) is 74.8 Å². The number of hydrogen-bond donors (Lipinski definition) is 2. The molecule has 2 N–H and O–H groups in total. The molecular weight excluding hydrogens is 420 g/mol. The van der Waals surface area contributed by atoms with Crippen molar-refractivity contribution in [2.45, 2.75) is 52.9 Å². The predicted molar refractivity (Wildman–Crippen MR) is 119 cm³/mol. The summed E-state index contributed by atoms with van der Waals surface area (Å²) < 4.78 is 26.5. The molecule has 164 valence electrons. The Labute approximate surface area is 182 Å². The highest BCUT2D eigenvalue weighted by Gasteiger charge is 2.31. The van der Waals surface area contributed by atoms with Gasteiger partial charge in [-0.15, -0.1) is 11.3 Å². The molecule has 0 saturated carbocycles. The quantitative estimate of drug-likeness (QED) is 0.594. The fraction of sp³-hybridized carbons (Fsp3) is 0.435. The SMILES string of the molecule is CC(C)(C)C1CCc2c(sc3nc(CCC(=O)Nc4cc(F)cc(F)c4)[nH]c(=O)c23)C1. The zero-order valence-corrected chi connectivity index (χ0v) is 18.6. The Bertz CT molecular complexity index is 1190. The van der Waals surface area contributed by atoms with Crippen molar-refractivity contribution in [3.05, 3.63) is 56.5 Å². The number of aromatic nitrogens is 2. The third kappa shape index (κ3) is 4.69. The third-order valence-electron chi connectivity index (χ3n) is 5.93. The Morgan fingerprint density at radius 2 is 1.97 bits per heavy atom. The predicted octanol–water partition coefficient (Wildman–Crippen LogP) is 4.99. The maximum atomic E-state index is 13.3. The van der Waals surface area contributed by atoms with Crippen molar-refractivity contribution >= 4 is 33.1 Å². The molecule has 0 aliphatic heterocycles. The fourth-order valence-electron chi connectivity index (χ4n) is 4.17. The molecule has 1 atom stereocenters. The first-order valence-electron chi connectivity index (χ1n) is 10.4. The molecule has 0 saturated heterocycles. The lowest BCUT2D eigenvalue weighted by molar-refractivity contribution is -0.116. The van der Waals surface area contributed by atoms with Crippen molar-refractivity contribution in [2.24, 2.45) is 11.3 Å². The number of fused-ring (bicyclic) bond motifs is 3. The van der Waals surface area contributed by atoms with Gasteiger partial charge in [0.25, 0.3) is 5.56 Å². The van der Waals surface area contributed by atoms with Gasteiger partial charge in [-0.3, -0.25) is 9.59 Å². The number of thiophene rings is 1. The number of carbonyl (C=O) groups is 1. The molecule has 4 rings (SSSR count). The summed E-state index contributed by atoms with van der Waals surface area (Å²) in [4.78, 5) is 34.3. The highest BCUT2D eigenvalue weighted by molar-refractivity contribution is 7.18. The van der Waals surface area contributed by atoms with Gasteiger partial charge < -0.3 is 10.3 Å². The third-order valence-corrected chi connectivity index (χ3v) is 7.08. The van der Waals surface area contributed by atoms with Gasteiger partial charge in [0.2, 0.25) is 5.91 Å². The minimum Gasteiger partial charge on any atom is -0.326 e. The number of anilines is 1. The lowest BCUT2D eigenvalue weighted by Gasteiger charge is -2.33. The number of aromatic amines is 1. The first kappa shape index (κ1) is 21.6. The first-order valence-corrected chi connectivity index (χ1v) is 11.2. The van der Waals surface area contributed by atoms with E-state index >= 15 is 0 Å². The van der Waals surface area contributed by atoms with Gasteiger partial charge in [-0.25, -0.2) is 13.8 Å².